The van der Waals surface area contributed by atoms with Gasteiger partial charge in [-0.1, -0.05) is 326 Å². The van der Waals surface area contributed by atoms with Crippen LogP contribution in [-0.4, -0.2) is 124 Å². The molecule has 0 aliphatic carbocycles. The van der Waals surface area contributed by atoms with Crippen molar-refractivity contribution in [2.24, 2.45) is 0 Å². The number of phosphoric acid groups is 1. The van der Waals surface area contributed by atoms with Gasteiger partial charge in [0.2, 0.25) is 83.2 Å². The summed E-state index contributed by atoms with van der Waals surface area (Å²) in [4.78, 5) is 100. The zero-order chi connectivity index (χ0) is 102. The third kappa shape index (κ3) is 57.1. The molecule has 11 aromatic rings. The Morgan fingerprint density at radius 3 is 0.851 bits per heavy atom. The fraction of sp³-hybridized carbons (Fsp3) is 0.539. The molecule has 0 aliphatic rings. The van der Waals surface area contributed by atoms with E-state index in [0.29, 0.717) is 59.2 Å². The average Bonchev–Trinajstić information content (AvgIpc) is 1.23. The van der Waals surface area contributed by atoms with Crippen LogP contribution in [0, 0.1) is 0 Å². The number of phosphoric ester groups is 1. The first-order valence-corrected chi connectivity index (χ1v) is 52.4. The Kier molecular flexibility index (Phi) is 61.9. The number of aryl methyl sites for hydroxylation is 7. The summed E-state index contributed by atoms with van der Waals surface area (Å²) >= 11 is 0. The van der Waals surface area contributed by atoms with Crippen molar-refractivity contribution < 1.29 is 27.7 Å². The van der Waals surface area contributed by atoms with Gasteiger partial charge in [0, 0.05) is 90.0 Å². The van der Waals surface area contributed by atoms with Crippen molar-refractivity contribution >= 4 is 91.0 Å². The molecule has 0 saturated carbocycles. The van der Waals surface area contributed by atoms with Crippen LogP contribution in [0.5, 0.6) is 17.2 Å². The first kappa shape index (κ1) is 118. The molecule has 38 nitrogen and oxygen atoms in total. The molecular weight excluding hydrogens is 1800 g/mol. The van der Waals surface area contributed by atoms with Gasteiger partial charge < -0.3 is 74.6 Å². The molecule has 0 unspecified atom stereocenters. The van der Waals surface area contributed by atoms with Gasteiger partial charge in [-0.2, -0.15) is 94.3 Å². The van der Waals surface area contributed by atoms with Gasteiger partial charge in [0.25, 0.3) is 0 Å². The van der Waals surface area contributed by atoms with Crippen molar-refractivity contribution in [3.05, 3.63) is 169 Å². The normalized spacial score (nSPS) is 10.6. The van der Waals surface area contributed by atoms with Crippen LogP contribution in [-0.2, 0) is 59.2 Å². The van der Waals surface area contributed by atoms with Crippen molar-refractivity contribution in [3.63, 3.8) is 0 Å². The van der Waals surface area contributed by atoms with Crippen LogP contribution < -0.4 is 80.7 Å². The molecule has 770 valence electrons. The summed E-state index contributed by atoms with van der Waals surface area (Å²) in [6, 6.07) is 35.8. The fourth-order valence-corrected chi connectivity index (χ4v) is 15.2. The van der Waals surface area contributed by atoms with Crippen molar-refractivity contribution in [1.82, 2.24) is 99.3 Å². The number of carbonyl (C=O) groups excluding carboxylic acids is 2. The number of nitrogens with zero attached hydrogens (tertiary/aromatic N) is 20. The number of unbranched alkanes of at least 4 members (excludes halogenated alkanes) is 30. The van der Waals surface area contributed by atoms with Gasteiger partial charge in [-0.3, -0.25) is 20.2 Å². The van der Waals surface area contributed by atoms with Crippen LogP contribution in [0.25, 0.3) is 11.4 Å². The Morgan fingerprint density at radius 2 is 0.546 bits per heavy atom. The molecule has 7 heterocycles. The second-order valence-electron chi connectivity index (χ2n) is 34.0. The van der Waals surface area contributed by atoms with Gasteiger partial charge in [0.1, 0.15) is 52.2 Å². The summed E-state index contributed by atoms with van der Waals surface area (Å²) in [6.07, 6.45) is 55.5. The van der Waals surface area contributed by atoms with Crippen molar-refractivity contribution in [2.45, 2.75) is 345 Å². The van der Waals surface area contributed by atoms with Crippen molar-refractivity contribution in [1.29, 1.82) is 0 Å². The topological polar surface area (TPSA) is 585 Å². The maximum absolute atomic E-state index is 13.1. The fourth-order valence-electron chi connectivity index (χ4n) is 14.0. The van der Waals surface area contributed by atoms with E-state index in [1.54, 1.807) is 72.8 Å². The number of amides is 2. The van der Waals surface area contributed by atoms with Crippen LogP contribution >= 0.6 is 7.82 Å². The lowest BCUT2D eigenvalue weighted by Crippen LogP contribution is -2.16. The third-order valence-corrected chi connectivity index (χ3v) is 22.5. The smallest absolute Gasteiger partial charge is 0.386 e. The number of nitrogen functional groups attached to an aromatic ring is 8. The van der Waals surface area contributed by atoms with Crippen LogP contribution in [0.3, 0.4) is 0 Å². The van der Waals surface area contributed by atoms with Crippen LogP contribution in [0.15, 0.2) is 134 Å². The number of carbonyl (C=O) groups is 2. The first-order valence-electron chi connectivity index (χ1n) is 50.9. The van der Waals surface area contributed by atoms with Gasteiger partial charge in [-0.05, 0) is 81.3 Å². The summed E-state index contributed by atoms with van der Waals surface area (Å²) in [5.41, 5.74) is 45.0. The molecule has 0 radical (unpaired) electrons. The number of aromatic nitrogens is 20. The van der Waals surface area contributed by atoms with Crippen molar-refractivity contribution in [3.8, 4) is 28.6 Å². The zero-order valence-corrected chi connectivity index (χ0v) is 86.1. The van der Waals surface area contributed by atoms with Crippen LogP contribution in [0.2, 0.25) is 0 Å². The average molecular weight is 1960 g/mol. The summed E-state index contributed by atoms with van der Waals surface area (Å²) in [7, 11) is -3.89. The number of nitrogens with two attached hydrogens (primary N) is 8. The number of hydrogen-bond acceptors (Lipinski definition) is 35. The molecule has 2 amide bonds. The Bertz CT molecular complexity index is 4930. The molecule has 11 rings (SSSR count). The Balaban J connectivity index is 0.000000292. The molecule has 4 aromatic carbocycles. The largest absolute Gasteiger partial charge is 0.647 e. The molecule has 7 aromatic heterocycles. The number of rotatable bonds is 58. The maximum Gasteiger partial charge on any atom is 0.647 e. The zero-order valence-electron chi connectivity index (χ0n) is 85.2. The van der Waals surface area contributed by atoms with E-state index < -0.39 is 7.82 Å². The van der Waals surface area contributed by atoms with Gasteiger partial charge in [0.05, 0.1) is 0 Å². The Hall–Kier alpha value is -13.3. The van der Waals surface area contributed by atoms with Gasteiger partial charge in [-0.15, -0.1) is 0 Å². The highest BCUT2D eigenvalue weighted by molar-refractivity contribution is 7.49. The molecule has 0 fully saturated rings. The Morgan fingerprint density at radius 1 is 0.291 bits per heavy atom. The minimum atomic E-state index is -3.89. The van der Waals surface area contributed by atoms with Gasteiger partial charge in [-0.25, -0.2) is 4.98 Å². The third-order valence-electron chi connectivity index (χ3n) is 21.2. The Labute approximate surface area is 836 Å². The highest BCUT2D eigenvalue weighted by Crippen LogP contribution is 2.49. The van der Waals surface area contributed by atoms with E-state index in [9.17, 15) is 14.2 Å². The van der Waals surface area contributed by atoms with E-state index >= 15 is 0 Å². The van der Waals surface area contributed by atoms with E-state index in [1.165, 1.54) is 206 Å². The number of hydrogen-bond donors (Lipinski definition) is 12. The molecule has 20 N–H and O–H groups in total. The molecule has 0 atom stereocenters. The number of para-hydroxylation sites is 3. The molecule has 0 aliphatic heterocycles. The molecular formula is C102H161N32O6P. The van der Waals surface area contributed by atoms with E-state index in [0.717, 1.165) is 119 Å². The molecule has 141 heavy (non-hydrogen) atoms. The number of imidazole rings is 1. The van der Waals surface area contributed by atoms with Crippen LogP contribution in [0.1, 0.15) is 335 Å². The first-order chi connectivity index (χ1) is 68.4. The highest BCUT2D eigenvalue weighted by atomic mass is 31.2. The standard InChI is InChI=1S/C19H33N7.C18H35N5.C18H15O4P.C14H23N5O2.C14H27N5.C10H19N5.C9H9N5/c1-2-3-4-5-6-7-8-9-10-11-17-22-13-15-26(17)14-12-16-23-18(20)25-19(21)24-16;1-4-7-10-11-12-13-16-21-17(19-14-8-5-2)23-18(22-16)20-15-9-6-3;19-23(20-16-10-4-1-5-11-16,21-17-12-6-2-7-13-17)22-18-14-8-3-9-15-18;1-4-5-6-7-8-9-12-17-13(15-10(2)20)19-14(18-12)16-11(3)21;1-2-3-4-5-6-7-8-9-10-11-12-17-13(15)19-14(16)18-12;1-2-3-4-5-6-7-8-13-9(11)15-10(12)14-8;10-8-12-7(13-9(11)14-8)6-4-2-1-3-5-6/h13,15H,2-12,14H2,1H3,(H4,20,21,23,24,25);4-15H2,1-3H3,(H2,19,20,21,22,23);1-15H;4-9H2,1-3H3,(H2,15,16,17,18,19,20,21);2-11H2,1H3,(H4,15,16,17,18,19);2-7H2,1H3,(H4,11,12,13,14,15);1-5H,(H4,10,11,12,13,14). The number of nitrogens with one attached hydrogen (secondary N) is 4. The molecule has 39 heteroatoms. The summed E-state index contributed by atoms with van der Waals surface area (Å²) < 4.78 is 31.8. The predicted octanol–water partition coefficient (Wildman–Crippen LogP) is 21.4. The van der Waals surface area contributed by atoms with Crippen LogP contribution in [0.4, 0.5) is 71.4 Å². The minimum absolute atomic E-state index is 0.136. The molecule has 0 saturated heterocycles. The highest BCUT2D eigenvalue weighted by Gasteiger charge is 2.33. The van der Waals surface area contributed by atoms with Gasteiger partial charge >= 0.3 is 7.82 Å². The van der Waals surface area contributed by atoms with Gasteiger partial charge in [0.15, 0.2) is 5.82 Å². The number of anilines is 12. The second kappa shape index (κ2) is 73.8. The molecule has 0 bridgehead atoms. The quantitative estimate of drug-likeness (QED) is 0.0124. The lowest BCUT2D eigenvalue weighted by atomic mass is 10.1. The monoisotopic (exact) mass is 1960 g/mol. The lowest BCUT2D eigenvalue weighted by Gasteiger charge is -2.19. The SMILES string of the molecule is CCCCCCCCCCCc1nc(N)nc(N)n1.CCCCCCCCCCCc1nccn1CCc1nc(N)nc(N)n1.CCCCCCCc1nc(N)nc(N)n1.CCCCCCCc1nc(NC(C)=O)nc(NC(C)=O)n1.CCCCCCCc1nc(NCCCC)nc(NCCCC)n1.Nc1nc(N)nc(-c2ccccc2)n1.O=P(Oc1ccccc1)(Oc1ccccc1)Oc1ccccc1. The summed E-state index contributed by atoms with van der Waals surface area (Å²) in [5, 5.41) is 11.7. The summed E-state index contributed by atoms with van der Waals surface area (Å²) in [5.74, 6) is 9.12. The van der Waals surface area contributed by atoms with E-state index in [1.807, 2.05) is 60.9 Å². The minimum Gasteiger partial charge on any atom is -0.386 e. The van der Waals surface area contributed by atoms with Crippen molar-refractivity contribution in [2.75, 3.05) is 80.2 Å². The lowest BCUT2D eigenvalue weighted by molar-refractivity contribution is -0.115. The second-order valence-corrected chi connectivity index (χ2v) is 35.4. The van der Waals surface area contributed by atoms with E-state index in [4.69, 9.17) is 59.4 Å². The number of benzene rings is 4. The predicted molar refractivity (Wildman–Crippen MR) is 569 cm³/mol. The maximum atomic E-state index is 13.1. The molecule has 0 spiro atoms. The van der Waals surface area contributed by atoms with E-state index in [2.05, 4.69) is 169 Å². The summed E-state index contributed by atoms with van der Waals surface area (Å²) in [6.45, 7) is 20.9. The van der Waals surface area contributed by atoms with E-state index in [-0.39, 0.29) is 71.3 Å².